The van der Waals surface area contributed by atoms with Gasteiger partial charge in [0.2, 0.25) is 5.91 Å². The number of thiophene rings is 1. The first-order chi connectivity index (χ1) is 17.0. The quantitative estimate of drug-likeness (QED) is 0.412. The summed E-state index contributed by atoms with van der Waals surface area (Å²) in [5.74, 6) is 1.23. The van der Waals surface area contributed by atoms with Crippen molar-refractivity contribution in [2.45, 2.75) is 38.8 Å². The second kappa shape index (κ2) is 11.4. The lowest BCUT2D eigenvalue weighted by atomic mass is 10.00. The summed E-state index contributed by atoms with van der Waals surface area (Å²) in [6, 6.07) is 18.5. The summed E-state index contributed by atoms with van der Waals surface area (Å²) >= 11 is 1.72. The maximum absolute atomic E-state index is 13.7. The summed E-state index contributed by atoms with van der Waals surface area (Å²) in [4.78, 5) is 31.8. The molecule has 2 heterocycles. The highest BCUT2D eigenvalue weighted by Crippen LogP contribution is 2.34. The molecule has 0 N–H and O–H groups in total. The Balaban J connectivity index is 1.54. The number of rotatable bonds is 9. The van der Waals surface area contributed by atoms with Gasteiger partial charge in [-0.15, -0.1) is 11.3 Å². The first-order valence-corrected chi connectivity index (χ1v) is 12.9. The van der Waals surface area contributed by atoms with Gasteiger partial charge in [-0.05, 0) is 61.0 Å². The van der Waals surface area contributed by atoms with Gasteiger partial charge in [0.05, 0.1) is 13.2 Å². The lowest BCUT2D eigenvalue weighted by Crippen LogP contribution is -2.49. The Morgan fingerprint density at radius 1 is 1.11 bits per heavy atom. The van der Waals surface area contributed by atoms with Crippen LogP contribution in [-0.2, 0) is 11.2 Å². The topological polar surface area (TPSA) is 59.1 Å². The van der Waals surface area contributed by atoms with Crippen LogP contribution in [0.15, 0.2) is 66.0 Å². The van der Waals surface area contributed by atoms with Crippen molar-refractivity contribution < 1.29 is 19.1 Å². The number of benzene rings is 2. The molecule has 184 valence electrons. The minimum Gasteiger partial charge on any atom is -0.497 e. The predicted molar refractivity (Wildman–Crippen MR) is 138 cm³/mol. The van der Waals surface area contributed by atoms with Gasteiger partial charge in [-0.2, -0.15) is 0 Å². The number of hydrogen-bond donors (Lipinski definition) is 0. The fourth-order valence-corrected chi connectivity index (χ4v) is 5.30. The Morgan fingerprint density at radius 2 is 1.89 bits per heavy atom. The number of fused-ring (bicyclic) bond motifs is 1. The molecule has 0 unspecified atom stereocenters. The van der Waals surface area contributed by atoms with E-state index in [2.05, 4.69) is 11.4 Å². The van der Waals surface area contributed by atoms with Gasteiger partial charge in [-0.1, -0.05) is 31.2 Å². The minimum absolute atomic E-state index is 0.0395. The maximum atomic E-state index is 13.7. The third kappa shape index (κ3) is 5.68. The zero-order valence-electron chi connectivity index (χ0n) is 20.5. The van der Waals surface area contributed by atoms with E-state index in [-0.39, 0.29) is 30.4 Å². The Morgan fingerprint density at radius 3 is 2.63 bits per heavy atom. The van der Waals surface area contributed by atoms with Gasteiger partial charge in [0.1, 0.15) is 24.7 Å². The summed E-state index contributed by atoms with van der Waals surface area (Å²) in [6.07, 6.45) is 1.58. The SMILES string of the molecule is CC[C@@H](C)N(CC(=O)N1CCc2sccc2[C@H]1COc1cccc(OC)c1)C(=O)c1ccccc1. The van der Waals surface area contributed by atoms with Crippen molar-refractivity contribution in [1.82, 2.24) is 9.80 Å². The maximum Gasteiger partial charge on any atom is 0.254 e. The molecule has 0 spiro atoms. The molecule has 2 atom stereocenters. The van der Waals surface area contributed by atoms with Crippen molar-refractivity contribution in [3.8, 4) is 11.5 Å². The number of ether oxygens (including phenoxy) is 2. The van der Waals surface area contributed by atoms with Crippen LogP contribution in [-0.4, -0.2) is 54.5 Å². The van der Waals surface area contributed by atoms with Crippen LogP contribution >= 0.6 is 11.3 Å². The number of amides is 2. The molecule has 7 heteroatoms. The molecule has 4 rings (SSSR count). The smallest absolute Gasteiger partial charge is 0.254 e. The van der Waals surface area contributed by atoms with E-state index in [9.17, 15) is 9.59 Å². The Kier molecular flexibility index (Phi) is 8.08. The van der Waals surface area contributed by atoms with Crippen molar-refractivity contribution in [3.05, 3.63) is 82.0 Å². The van der Waals surface area contributed by atoms with Gasteiger partial charge in [0.25, 0.3) is 5.91 Å². The molecule has 2 aromatic carbocycles. The first kappa shape index (κ1) is 24.8. The number of nitrogens with zero attached hydrogens (tertiary/aromatic N) is 2. The summed E-state index contributed by atoms with van der Waals surface area (Å²) in [5.41, 5.74) is 1.72. The Labute approximate surface area is 211 Å². The first-order valence-electron chi connectivity index (χ1n) is 12.0. The zero-order chi connectivity index (χ0) is 24.8. The van der Waals surface area contributed by atoms with Crippen molar-refractivity contribution in [1.29, 1.82) is 0 Å². The van der Waals surface area contributed by atoms with Crippen LogP contribution in [0.2, 0.25) is 0 Å². The summed E-state index contributed by atoms with van der Waals surface area (Å²) in [7, 11) is 1.62. The van der Waals surface area contributed by atoms with Gasteiger partial charge in [0, 0.05) is 29.1 Å². The second-order valence-corrected chi connectivity index (χ2v) is 9.70. The normalized spacial score (nSPS) is 15.7. The van der Waals surface area contributed by atoms with E-state index in [1.807, 2.05) is 61.2 Å². The molecule has 1 aliphatic rings. The van der Waals surface area contributed by atoms with Gasteiger partial charge >= 0.3 is 0 Å². The van der Waals surface area contributed by atoms with E-state index in [4.69, 9.17) is 9.47 Å². The molecule has 0 saturated carbocycles. The van der Waals surface area contributed by atoms with Gasteiger partial charge in [-0.25, -0.2) is 0 Å². The lowest BCUT2D eigenvalue weighted by molar-refractivity contribution is -0.136. The highest BCUT2D eigenvalue weighted by atomic mass is 32.1. The molecular weight excluding hydrogens is 460 g/mol. The van der Waals surface area contributed by atoms with Gasteiger partial charge in [0.15, 0.2) is 0 Å². The molecule has 0 radical (unpaired) electrons. The zero-order valence-corrected chi connectivity index (χ0v) is 21.3. The van der Waals surface area contributed by atoms with E-state index in [0.717, 1.165) is 24.2 Å². The number of carbonyl (C=O) groups excluding carboxylic acids is 2. The fraction of sp³-hybridized carbons (Fsp3) is 0.357. The molecule has 2 amide bonds. The molecule has 35 heavy (non-hydrogen) atoms. The molecule has 3 aromatic rings. The standard InChI is InChI=1S/C28H32N2O4S/c1-4-20(2)30(28(32)21-9-6-5-7-10-21)18-27(31)29-15-13-26-24(14-16-35-26)25(29)19-34-23-12-8-11-22(17-23)33-3/h5-12,14,16-17,20,25H,4,13,15,18-19H2,1-3H3/t20-,25-/m1/s1. The number of carbonyl (C=O) groups is 2. The van der Waals surface area contributed by atoms with Crippen LogP contribution in [0.3, 0.4) is 0 Å². The van der Waals surface area contributed by atoms with Crippen LogP contribution in [0.1, 0.15) is 47.1 Å². The van der Waals surface area contributed by atoms with Gasteiger partial charge in [-0.3, -0.25) is 9.59 Å². The van der Waals surface area contributed by atoms with E-state index in [1.54, 1.807) is 35.5 Å². The molecule has 1 aliphatic heterocycles. The molecule has 1 aromatic heterocycles. The van der Waals surface area contributed by atoms with E-state index in [0.29, 0.717) is 24.5 Å². The van der Waals surface area contributed by atoms with E-state index >= 15 is 0 Å². The van der Waals surface area contributed by atoms with Crippen LogP contribution < -0.4 is 9.47 Å². The van der Waals surface area contributed by atoms with Crippen LogP contribution in [0.25, 0.3) is 0 Å². The summed E-state index contributed by atoms with van der Waals surface area (Å²) in [5, 5.41) is 2.07. The molecule has 0 bridgehead atoms. The molecule has 6 nitrogen and oxygen atoms in total. The summed E-state index contributed by atoms with van der Waals surface area (Å²) < 4.78 is 11.4. The monoisotopic (exact) mass is 492 g/mol. The second-order valence-electron chi connectivity index (χ2n) is 8.70. The van der Waals surface area contributed by atoms with Crippen molar-refractivity contribution >= 4 is 23.2 Å². The molecular formula is C28H32N2O4S. The average Bonchev–Trinajstić information content (AvgIpc) is 3.39. The largest absolute Gasteiger partial charge is 0.497 e. The number of methoxy groups -OCH3 is 1. The highest BCUT2D eigenvalue weighted by Gasteiger charge is 2.34. The van der Waals surface area contributed by atoms with Crippen molar-refractivity contribution in [2.24, 2.45) is 0 Å². The average molecular weight is 493 g/mol. The number of hydrogen-bond acceptors (Lipinski definition) is 5. The molecule has 0 aliphatic carbocycles. The van der Waals surface area contributed by atoms with Crippen LogP contribution in [0, 0.1) is 0 Å². The fourth-order valence-electron chi connectivity index (χ4n) is 4.37. The lowest BCUT2D eigenvalue weighted by Gasteiger charge is -2.38. The third-order valence-electron chi connectivity index (χ3n) is 6.57. The molecule has 0 saturated heterocycles. The van der Waals surface area contributed by atoms with E-state index < -0.39 is 0 Å². The van der Waals surface area contributed by atoms with Crippen LogP contribution in [0.5, 0.6) is 11.5 Å². The van der Waals surface area contributed by atoms with Crippen molar-refractivity contribution in [3.63, 3.8) is 0 Å². The Bertz CT molecular complexity index is 1150. The Hall–Kier alpha value is -3.32. The van der Waals surface area contributed by atoms with Crippen LogP contribution in [0.4, 0.5) is 0 Å². The summed E-state index contributed by atoms with van der Waals surface area (Å²) in [6.45, 7) is 5.00. The minimum atomic E-state index is -0.214. The van der Waals surface area contributed by atoms with Gasteiger partial charge < -0.3 is 19.3 Å². The van der Waals surface area contributed by atoms with Crippen molar-refractivity contribution in [2.75, 3.05) is 26.8 Å². The van der Waals surface area contributed by atoms with E-state index in [1.165, 1.54) is 4.88 Å². The third-order valence-corrected chi connectivity index (χ3v) is 7.57. The predicted octanol–water partition coefficient (Wildman–Crippen LogP) is 5.20. The molecule has 0 fully saturated rings. The highest BCUT2D eigenvalue weighted by molar-refractivity contribution is 7.10.